The zero-order valence-electron chi connectivity index (χ0n) is 12.0. The van der Waals surface area contributed by atoms with Crippen LogP contribution in [0.1, 0.15) is 35.6 Å². The molecule has 0 spiro atoms. The number of aryl methyl sites for hydroxylation is 2. The molecule has 1 aromatic heterocycles. The van der Waals surface area contributed by atoms with Crippen LogP contribution < -0.4 is 5.32 Å². The molecular formula is C15H19N3O2. The van der Waals surface area contributed by atoms with Gasteiger partial charge in [-0.25, -0.2) is 0 Å². The molecule has 5 heteroatoms. The second-order valence-corrected chi connectivity index (χ2v) is 4.59. The molecule has 20 heavy (non-hydrogen) atoms. The van der Waals surface area contributed by atoms with Crippen molar-refractivity contribution in [1.29, 1.82) is 0 Å². The van der Waals surface area contributed by atoms with Crippen molar-refractivity contribution in [2.75, 3.05) is 5.32 Å². The van der Waals surface area contributed by atoms with Crippen LogP contribution in [0.5, 0.6) is 5.75 Å². The molecular weight excluding hydrogens is 254 g/mol. The molecule has 0 bridgehead atoms. The van der Waals surface area contributed by atoms with Crippen LogP contribution >= 0.6 is 0 Å². The highest BCUT2D eigenvalue weighted by atomic mass is 16.3. The highest BCUT2D eigenvalue weighted by molar-refractivity contribution is 6.03. The molecule has 1 aromatic carbocycles. The number of nitrogens with one attached hydrogen (secondary N) is 1. The molecule has 1 amide bonds. The van der Waals surface area contributed by atoms with Gasteiger partial charge >= 0.3 is 0 Å². The minimum Gasteiger partial charge on any atom is -0.508 e. The first-order valence-corrected chi connectivity index (χ1v) is 6.73. The standard InChI is InChI=1S/C15H19N3O2/c1-4-11-9-13(18(5-2)17-11)15(20)16-12-7-6-8-14(19)10(12)3/h6-9,19H,4-5H2,1-3H3,(H,16,20). The number of phenols is 1. The number of hydrogen-bond donors (Lipinski definition) is 2. The number of phenolic OH excluding ortho intramolecular Hbond substituents is 1. The van der Waals surface area contributed by atoms with Gasteiger partial charge in [0.05, 0.1) is 5.69 Å². The largest absolute Gasteiger partial charge is 0.508 e. The van der Waals surface area contributed by atoms with E-state index in [0.717, 1.165) is 12.1 Å². The number of amides is 1. The fraction of sp³-hybridized carbons (Fsp3) is 0.333. The van der Waals surface area contributed by atoms with Crippen LogP contribution in [0.15, 0.2) is 24.3 Å². The summed E-state index contributed by atoms with van der Waals surface area (Å²) in [5.41, 5.74) is 2.69. The second kappa shape index (κ2) is 5.77. The van der Waals surface area contributed by atoms with Crippen LogP contribution in [0.4, 0.5) is 5.69 Å². The van der Waals surface area contributed by atoms with Crippen molar-refractivity contribution in [2.24, 2.45) is 0 Å². The number of benzene rings is 1. The van der Waals surface area contributed by atoms with Crippen LogP contribution in [-0.4, -0.2) is 20.8 Å². The third-order valence-electron chi connectivity index (χ3n) is 3.28. The normalized spacial score (nSPS) is 10.6. The number of carbonyl (C=O) groups excluding carboxylic acids is 1. The van der Waals surface area contributed by atoms with Crippen molar-refractivity contribution >= 4 is 11.6 Å². The third-order valence-corrected chi connectivity index (χ3v) is 3.28. The summed E-state index contributed by atoms with van der Waals surface area (Å²) in [6, 6.07) is 6.86. The van der Waals surface area contributed by atoms with Crippen LogP contribution in [-0.2, 0) is 13.0 Å². The average Bonchev–Trinajstić information content (AvgIpc) is 2.87. The Morgan fingerprint density at radius 2 is 2.15 bits per heavy atom. The fourth-order valence-corrected chi connectivity index (χ4v) is 2.01. The number of aromatic hydroxyl groups is 1. The van der Waals surface area contributed by atoms with Crippen molar-refractivity contribution in [3.63, 3.8) is 0 Å². The van der Waals surface area contributed by atoms with Gasteiger partial charge in [-0.1, -0.05) is 13.0 Å². The van der Waals surface area contributed by atoms with Gasteiger partial charge in [0.1, 0.15) is 11.4 Å². The number of carbonyl (C=O) groups is 1. The van der Waals surface area contributed by atoms with E-state index in [1.54, 1.807) is 35.9 Å². The second-order valence-electron chi connectivity index (χ2n) is 4.59. The van der Waals surface area contributed by atoms with Crippen LogP contribution in [0, 0.1) is 6.92 Å². The minimum absolute atomic E-state index is 0.168. The number of nitrogens with zero attached hydrogens (tertiary/aromatic N) is 2. The summed E-state index contributed by atoms with van der Waals surface area (Å²) in [4.78, 5) is 12.3. The monoisotopic (exact) mass is 273 g/mol. The van der Waals surface area contributed by atoms with E-state index >= 15 is 0 Å². The van der Waals surface area contributed by atoms with Crippen LogP contribution in [0.3, 0.4) is 0 Å². The molecule has 0 aliphatic heterocycles. The molecule has 2 aromatic rings. The van der Waals surface area contributed by atoms with E-state index in [1.807, 2.05) is 13.8 Å². The maximum absolute atomic E-state index is 12.3. The van der Waals surface area contributed by atoms with E-state index in [-0.39, 0.29) is 11.7 Å². The maximum atomic E-state index is 12.3. The van der Waals surface area contributed by atoms with Gasteiger partial charge in [-0.3, -0.25) is 9.48 Å². The van der Waals surface area contributed by atoms with Gasteiger partial charge in [0.15, 0.2) is 0 Å². The summed E-state index contributed by atoms with van der Waals surface area (Å²) in [5, 5.41) is 16.8. The molecule has 0 saturated heterocycles. The Labute approximate surface area is 118 Å². The summed E-state index contributed by atoms with van der Waals surface area (Å²) in [5.74, 6) is -0.0474. The molecule has 106 valence electrons. The number of hydrogen-bond acceptors (Lipinski definition) is 3. The van der Waals surface area contributed by atoms with Gasteiger partial charge in [0.2, 0.25) is 0 Å². The Kier molecular flexibility index (Phi) is 4.08. The highest BCUT2D eigenvalue weighted by Crippen LogP contribution is 2.24. The van der Waals surface area contributed by atoms with Gasteiger partial charge in [0, 0.05) is 17.8 Å². The van der Waals surface area contributed by atoms with Crippen molar-refractivity contribution in [3.8, 4) is 5.75 Å². The van der Waals surface area contributed by atoms with Gasteiger partial charge in [-0.05, 0) is 38.5 Å². The predicted octanol–water partition coefficient (Wildman–Crippen LogP) is 2.73. The third kappa shape index (κ3) is 2.66. The smallest absolute Gasteiger partial charge is 0.273 e. The molecule has 0 unspecified atom stereocenters. The van der Waals surface area contributed by atoms with Crippen molar-refractivity contribution in [3.05, 3.63) is 41.2 Å². The molecule has 5 nitrogen and oxygen atoms in total. The Bertz CT molecular complexity index is 632. The first-order chi connectivity index (χ1) is 9.56. The van der Waals surface area contributed by atoms with E-state index in [1.165, 1.54) is 0 Å². The molecule has 0 atom stereocenters. The Morgan fingerprint density at radius 3 is 2.80 bits per heavy atom. The first-order valence-electron chi connectivity index (χ1n) is 6.73. The molecule has 2 rings (SSSR count). The first kappa shape index (κ1) is 14.1. The number of rotatable bonds is 4. The van der Waals surface area contributed by atoms with Crippen molar-refractivity contribution < 1.29 is 9.90 Å². The van der Waals surface area contributed by atoms with E-state index in [2.05, 4.69) is 10.4 Å². The van der Waals surface area contributed by atoms with E-state index in [0.29, 0.717) is 23.5 Å². The zero-order chi connectivity index (χ0) is 14.7. The summed E-state index contributed by atoms with van der Waals surface area (Å²) in [6.07, 6.45) is 0.790. The van der Waals surface area contributed by atoms with Gasteiger partial charge in [-0.2, -0.15) is 5.10 Å². The lowest BCUT2D eigenvalue weighted by molar-refractivity contribution is 0.101. The summed E-state index contributed by atoms with van der Waals surface area (Å²) in [6.45, 7) is 6.35. The molecule has 0 aliphatic rings. The topological polar surface area (TPSA) is 67.2 Å². The Morgan fingerprint density at radius 1 is 1.40 bits per heavy atom. The SMILES string of the molecule is CCc1cc(C(=O)Nc2cccc(O)c2C)n(CC)n1. The fourth-order valence-electron chi connectivity index (χ4n) is 2.01. The lowest BCUT2D eigenvalue weighted by Gasteiger charge is -2.10. The quantitative estimate of drug-likeness (QED) is 0.900. The molecule has 0 aliphatic carbocycles. The summed E-state index contributed by atoms with van der Waals surface area (Å²) >= 11 is 0. The highest BCUT2D eigenvalue weighted by Gasteiger charge is 2.15. The Hall–Kier alpha value is -2.30. The molecule has 0 fully saturated rings. The van der Waals surface area contributed by atoms with E-state index in [4.69, 9.17) is 0 Å². The molecule has 1 heterocycles. The van der Waals surface area contributed by atoms with Gasteiger partial charge in [0.25, 0.3) is 5.91 Å². The lowest BCUT2D eigenvalue weighted by Crippen LogP contribution is -2.17. The maximum Gasteiger partial charge on any atom is 0.273 e. The van der Waals surface area contributed by atoms with E-state index in [9.17, 15) is 9.90 Å². The molecule has 0 radical (unpaired) electrons. The van der Waals surface area contributed by atoms with Crippen LogP contribution in [0.2, 0.25) is 0 Å². The zero-order valence-corrected chi connectivity index (χ0v) is 12.0. The van der Waals surface area contributed by atoms with Crippen LogP contribution in [0.25, 0.3) is 0 Å². The number of aromatic nitrogens is 2. The predicted molar refractivity (Wildman–Crippen MR) is 78.1 cm³/mol. The Balaban J connectivity index is 2.28. The van der Waals surface area contributed by atoms with E-state index < -0.39 is 0 Å². The summed E-state index contributed by atoms with van der Waals surface area (Å²) < 4.78 is 1.69. The number of anilines is 1. The van der Waals surface area contributed by atoms with Gasteiger partial charge < -0.3 is 10.4 Å². The van der Waals surface area contributed by atoms with Gasteiger partial charge in [-0.15, -0.1) is 0 Å². The summed E-state index contributed by atoms with van der Waals surface area (Å²) in [7, 11) is 0. The molecule has 0 saturated carbocycles. The molecule has 2 N–H and O–H groups in total. The van der Waals surface area contributed by atoms with Crippen molar-refractivity contribution in [2.45, 2.75) is 33.7 Å². The minimum atomic E-state index is -0.215. The van der Waals surface area contributed by atoms with Crippen molar-refractivity contribution in [1.82, 2.24) is 9.78 Å². The lowest BCUT2D eigenvalue weighted by atomic mass is 10.1. The average molecular weight is 273 g/mol.